The number of piperidine rings is 1. The fraction of sp³-hybridized carbons (Fsp3) is 0.536. The molecule has 5 nitrogen and oxygen atoms in total. The van der Waals surface area contributed by atoms with Gasteiger partial charge in [-0.3, -0.25) is 4.79 Å². The zero-order valence-electron chi connectivity index (χ0n) is 20.4. The number of carbonyl (C=O) groups excluding carboxylic acids is 1. The smallest absolute Gasteiger partial charge is 0.254 e. The van der Waals surface area contributed by atoms with Crippen molar-refractivity contribution in [1.29, 1.82) is 0 Å². The molecule has 3 unspecified atom stereocenters. The van der Waals surface area contributed by atoms with Gasteiger partial charge in [0.1, 0.15) is 5.75 Å². The summed E-state index contributed by atoms with van der Waals surface area (Å²) in [6.45, 7) is 7.01. The predicted octanol–water partition coefficient (Wildman–Crippen LogP) is 4.56. The van der Waals surface area contributed by atoms with Crippen LogP contribution in [-0.4, -0.2) is 66.8 Å². The lowest BCUT2D eigenvalue weighted by atomic mass is 9.56. The van der Waals surface area contributed by atoms with Gasteiger partial charge in [-0.25, -0.2) is 0 Å². The fourth-order valence-electron chi connectivity index (χ4n) is 6.17. The molecule has 0 aromatic heterocycles. The summed E-state index contributed by atoms with van der Waals surface area (Å²) < 4.78 is 6.13. The Hall–Kier alpha value is -2.37. The Kier molecular flexibility index (Phi) is 7.10. The molecule has 1 saturated carbocycles. The number of carbonyl (C=O) groups is 1. The van der Waals surface area contributed by atoms with Crippen molar-refractivity contribution in [3.8, 4) is 5.75 Å². The summed E-state index contributed by atoms with van der Waals surface area (Å²) in [7, 11) is 3.98. The van der Waals surface area contributed by atoms with Crippen LogP contribution in [0.4, 0.5) is 0 Å². The maximum atomic E-state index is 13.7. The van der Waals surface area contributed by atoms with Crippen LogP contribution in [-0.2, 0) is 10.2 Å². The van der Waals surface area contributed by atoms with Crippen LogP contribution < -0.4 is 0 Å². The van der Waals surface area contributed by atoms with Gasteiger partial charge in [0.25, 0.3) is 5.91 Å². The minimum absolute atomic E-state index is 0.0482. The van der Waals surface area contributed by atoms with Crippen molar-refractivity contribution in [2.75, 3.05) is 33.8 Å². The van der Waals surface area contributed by atoms with Crippen molar-refractivity contribution in [1.82, 2.24) is 9.80 Å². The second kappa shape index (κ2) is 9.86. The Bertz CT molecular complexity index is 947. The molecule has 2 aliphatic rings. The van der Waals surface area contributed by atoms with Gasteiger partial charge >= 0.3 is 0 Å². The number of aromatic hydroxyl groups is 1. The average molecular weight is 451 g/mol. The van der Waals surface area contributed by atoms with E-state index in [2.05, 4.69) is 36.8 Å². The van der Waals surface area contributed by atoms with Crippen molar-refractivity contribution in [2.45, 2.75) is 50.7 Å². The molecule has 4 rings (SSSR count). The number of nitrogens with zero attached hydrogens (tertiary/aromatic N) is 2. The van der Waals surface area contributed by atoms with E-state index in [4.69, 9.17) is 4.74 Å². The van der Waals surface area contributed by atoms with Crippen LogP contribution >= 0.6 is 0 Å². The highest BCUT2D eigenvalue weighted by atomic mass is 16.5. The minimum atomic E-state index is -0.138. The largest absolute Gasteiger partial charge is 0.508 e. The first-order valence-corrected chi connectivity index (χ1v) is 12.2. The lowest BCUT2D eigenvalue weighted by Gasteiger charge is -2.56. The second-order valence-corrected chi connectivity index (χ2v) is 10.4. The van der Waals surface area contributed by atoms with Crippen LogP contribution in [0.2, 0.25) is 0 Å². The Morgan fingerprint density at radius 2 is 1.97 bits per heavy atom. The van der Waals surface area contributed by atoms with E-state index in [0.717, 1.165) is 44.5 Å². The molecule has 1 heterocycles. The van der Waals surface area contributed by atoms with Crippen molar-refractivity contribution in [3.63, 3.8) is 0 Å². The monoisotopic (exact) mass is 450 g/mol. The lowest BCUT2D eigenvalue weighted by Crippen LogP contribution is -2.61. The van der Waals surface area contributed by atoms with Crippen LogP contribution in [0.5, 0.6) is 5.75 Å². The Labute approximate surface area is 198 Å². The van der Waals surface area contributed by atoms with E-state index in [0.29, 0.717) is 17.6 Å². The molecule has 0 spiro atoms. The number of hydrogen-bond donors (Lipinski definition) is 1. The number of ether oxygens (including phenoxy) is 1. The first-order valence-electron chi connectivity index (χ1n) is 12.2. The van der Waals surface area contributed by atoms with E-state index >= 15 is 0 Å². The molecule has 1 N–H and O–H groups in total. The molecule has 1 saturated heterocycles. The van der Waals surface area contributed by atoms with E-state index < -0.39 is 0 Å². The number of rotatable bonds is 6. The predicted molar refractivity (Wildman–Crippen MR) is 132 cm³/mol. The molecule has 1 amide bonds. The van der Waals surface area contributed by atoms with Crippen LogP contribution in [0.25, 0.3) is 0 Å². The Balaban J connectivity index is 1.76. The molecular formula is C28H38N2O3. The van der Waals surface area contributed by atoms with Gasteiger partial charge in [-0.1, -0.05) is 44.2 Å². The van der Waals surface area contributed by atoms with E-state index in [-0.39, 0.29) is 23.5 Å². The van der Waals surface area contributed by atoms with E-state index in [1.165, 1.54) is 5.56 Å². The summed E-state index contributed by atoms with van der Waals surface area (Å²) >= 11 is 0. The molecule has 2 aromatic rings. The van der Waals surface area contributed by atoms with Gasteiger partial charge in [0.2, 0.25) is 0 Å². The molecule has 0 bridgehead atoms. The molecule has 1 aliphatic carbocycles. The number of methoxy groups -OCH3 is 1. The molecule has 2 fully saturated rings. The Morgan fingerprint density at radius 3 is 2.64 bits per heavy atom. The lowest BCUT2D eigenvalue weighted by molar-refractivity contribution is -0.0783. The van der Waals surface area contributed by atoms with E-state index in [1.54, 1.807) is 13.2 Å². The van der Waals surface area contributed by atoms with Gasteiger partial charge < -0.3 is 19.6 Å². The van der Waals surface area contributed by atoms with Crippen molar-refractivity contribution in [2.24, 2.45) is 11.8 Å². The summed E-state index contributed by atoms with van der Waals surface area (Å²) in [4.78, 5) is 18.2. The van der Waals surface area contributed by atoms with Crippen LogP contribution in [0, 0.1) is 11.8 Å². The average Bonchev–Trinajstić information content (AvgIpc) is 2.82. The highest BCUT2D eigenvalue weighted by Gasteiger charge is 2.53. The molecular weight excluding hydrogens is 412 g/mol. The summed E-state index contributed by atoms with van der Waals surface area (Å²) in [5.41, 5.74) is 1.77. The minimum Gasteiger partial charge on any atom is -0.508 e. The normalized spacial score (nSPS) is 27.8. The SMILES string of the molecule is COC1C[C@H](N(CC(C)C)C(=O)c2ccccc2)CC2(c3cccc(O)c3)CCN(C)CC12. The van der Waals surface area contributed by atoms with Crippen molar-refractivity contribution >= 4 is 5.91 Å². The van der Waals surface area contributed by atoms with Gasteiger partial charge in [0, 0.05) is 43.1 Å². The van der Waals surface area contributed by atoms with Gasteiger partial charge in [-0.2, -0.15) is 0 Å². The number of hydrogen-bond acceptors (Lipinski definition) is 4. The van der Waals surface area contributed by atoms with Crippen LogP contribution in [0.3, 0.4) is 0 Å². The maximum absolute atomic E-state index is 13.7. The molecule has 178 valence electrons. The zero-order valence-corrected chi connectivity index (χ0v) is 20.4. The number of benzene rings is 2. The van der Waals surface area contributed by atoms with E-state index in [9.17, 15) is 9.90 Å². The van der Waals surface area contributed by atoms with Gasteiger partial charge in [0.15, 0.2) is 0 Å². The topological polar surface area (TPSA) is 53.0 Å². The van der Waals surface area contributed by atoms with E-state index in [1.807, 2.05) is 42.5 Å². The fourth-order valence-corrected chi connectivity index (χ4v) is 6.17. The summed E-state index contributed by atoms with van der Waals surface area (Å²) in [6.07, 6.45) is 2.76. The Morgan fingerprint density at radius 1 is 1.21 bits per heavy atom. The molecule has 1 aliphatic heterocycles. The first-order chi connectivity index (χ1) is 15.8. The van der Waals surface area contributed by atoms with Crippen molar-refractivity contribution in [3.05, 3.63) is 65.7 Å². The third-order valence-corrected chi connectivity index (χ3v) is 7.72. The highest BCUT2D eigenvalue weighted by molar-refractivity contribution is 5.94. The quantitative estimate of drug-likeness (QED) is 0.701. The van der Waals surface area contributed by atoms with Gasteiger partial charge in [0.05, 0.1) is 6.10 Å². The maximum Gasteiger partial charge on any atom is 0.254 e. The number of amides is 1. The molecule has 4 atom stereocenters. The van der Waals surface area contributed by atoms with Crippen LogP contribution in [0.15, 0.2) is 54.6 Å². The molecule has 5 heteroatoms. The molecule has 2 aromatic carbocycles. The standard InChI is InChI=1S/C28H38N2O3/c1-20(2)18-30(27(32)21-9-6-5-7-10-21)23-16-26(33-4)25-19-29(3)14-13-28(25,17-23)22-11-8-12-24(31)15-22/h5-12,15,20,23,25-26,31H,13-14,16-19H2,1-4H3/t23-,25?,26?,28?/m0/s1. The summed E-state index contributed by atoms with van der Waals surface area (Å²) in [5, 5.41) is 10.3. The van der Waals surface area contributed by atoms with Crippen molar-refractivity contribution < 1.29 is 14.6 Å². The number of phenols is 1. The summed E-state index contributed by atoms with van der Waals surface area (Å²) in [5.74, 6) is 1.08. The van der Waals surface area contributed by atoms with Gasteiger partial charge in [-0.15, -0.1) is 0 Å². The molecule has 33 heavy (non-hydrogen) atoms. The van der Waals surface area contributed by atoms with Gasteiger partial charge in [-0.05, 0) is 68.6 Å². The highest BCUT2D eigenvalue weighted by Crippen LogP contribution is 2.51. The third kappa shape index (κ3) is 4.80. The van der Waals surface area contributed by atoms with Crippen LogP contribution in [0.1, 0.15) is 49.0 Å². The zero-order chi connectivity index (χ0) is 23.6. The second-order valence-electron chi connectivity index (χ2n) is 10.4. The summed E-state index contributed by atoms with van der Waals surface area (Å²) in [6, 6.07) is 17.5. The molecule has 0 radical (unpaired) electrons. The number of likely N-dealkylation sites (tertiary alicyclic amines) is 1. The third-order valence-electron chi connectivity index (χ3n) is 7.72. The number of fused-ring (bicyclic) bond motifs is 1. The number of phenolic OH excluding ortho intramolecular Hbond substituents is 1. The first kappa shape index (κ1) is 23.8.